The van der Waals surface area contributed by atoms with Crippen molar-refractivity contribution in [3.8, 4) is 11.3 Å². The second kappa shape index (κ2) is 8.01. The number of hydrogen-bond donors (Lipinski definition) is 0. The molecule has 0 spiro atoms. The van der Waals surface area contributed by atoms with E-state index in [2.05, 4.69) is 30.1 Å². The fraction of sp³-hybridized carbons (Fsp3) is 0.391. The summed E-state index contributed by atoms with van der Waals surface area (Å²) >= 11 is 0. The SMILES string of the molecule is Cc1nc2nc(N3CCO[C@H](c4nnc(C5CC5)o4)C3)nc(-c3ccc(F)cc3F)c2nc1C. The smallest absolute Gasteiger partial charge is 0.247 e. The van der Waals surface area contributed by atoms with E-state index in [0.29, 0.717) is 65.9 Å². The van der Waals surface area contributed by atoms with E-state index in [-0.39, 0.29) is 11.3 Å². The van der Waals surface area contributed by atoms with E-state index < -0.39 is 17.7 Å². The van der Waals surface area contributed by atoms with Gasteiger partial charge < -0.3 is 14.1 Å². The maximum atomic E-state index is 14.8. The lowest BCUT2D eigenvalue weighted by atomic mass is 10.1. The van der Waals surface area contributed by atoms with Gasteiger partial charge in [-0.1, -0.05) is 0 Å². The van der Waals surface area contributed by atoms with Crippen LogP contribution in [0.3, 0.4) is 0 Å². The zero-order valence-electron chi connectivity index (χ0n) is 18.6. The first-order valence-corrected chi connectivity index (χ1v) is 11.1. The first-order chi connectivity index (χ1) is 16.5. The van der Waals surface area contributed by atoms with Gasteiger partial charge in [-0.15, -0.1) is 10.2 Å². The van der Waals surface area contributed by atoms with Crippen LogP contribution >= 0.6 is 0 Å². The van der Waals surface area contributed by atoms with Crippen molar-refractivity contribution in [2.45, 2.75) is 38.7 Å². The second-order valence-electron chi connectivity index (χ2n) is 8.62. The minimum Gasteiger partial charge on any atom is -0.422 e. The Morgan fingerprint density at radius 2 is 1.76 bits per heavy atom. The van der Waals surface area contributed by atoms with E-state index in [9.17, 15) is 8.78 Å². The molecule has 0 bridgehead atoms. The Balaban J connectivity index is 1.41. The van der Waals surface area contributed by atoms with Gasteiger partial charge in [0.1, 0.15) is 22.8 Å². The maximum absolute atomic E-state index is 14.8. The molecule has 1 aliphatic heterocycles. The monoisotopic (exact) mass is 465 g/mol. The average Bonchev–Trinajstić information content (AvgIpc) is 3.56. The van der Waals surface area contributed by atoms with Crippen LogP contribution in [0.25, 0.3) is 22.4 Å². The Hall–Kier alpha value is -3.60. The van der Waals surface area contributed by atoms with Crippen LogP contribution in [0.4, 0.5) is 14.7 Å². The third kappa shape index (κ3) is 3.75. The number of aromatic nitrogens is 6. The van der Waals surface area contributed by atoms with E-state index >= 15 is 0 Å². The summed E-state index contributed by atoms with van der Waals surface area (Å²) in [5.74, 6) is 0.363. The molecule has 34 heavy (non-hydrogen) atoms. The topological polar surface area (TPSA) is 103 Å². The number of fused-ring (bicyclic) bond motifs is 1. The van der Waals surface area contributed by atoms with Crippen molar-refractivity contribution in [2.24, 2.45) is 0 Å². The summed E-state index contributed by atoms with van der Waals surface area (Å²) < 4.78 is 40.0. The van der Waals surface area contributed by atoms with Gasteiger partial charge in [-0.2, -0.15) is 4.98 Å². The van der Waals surface area contributed by atoms with Gasteiger partial charge in [-0.25, -0.2) is 23.7 Å². The number of benzene rings is 1. The van der Waals surface area contributed by atoms with Gasteiger partial charge in [0.15, 0.2) is 11.8 Å². The number of nitrogens with zero attached hydrogens (tertiary/aromatic N) is 7. The molecule has 1 atom stereocenters. The molecule has 1 saturated carbocycles. The number of ether oxygens (including phenoxy) is 1. The van der Waals surface area contributed by atoms with E-state index in [1.165, 1.54) is 12.1 Å². The quantitative estimate of drug-likeness (QED) is 0.445. The first-order valence-electron chi connectivity index (χ1n) is 11.1. The first kappa shape index (κ1) is 21.0. The molecular formula is C23H21F2N7O2. The predicted octanol–water partition coefficient (Wildman–Crippen LogP) is 3.82. The fourth-order valence-electron chi connectivity index (χ4n) is 3.96. The molecule has 0 radical (unpaired) electrons. The van der Waals surface area contributed by atoms with E-state index in [1.54, 1.807) is 0 Å². The Morgan fingerprint density at radius 3 is 2.56 bits per heavy atom. The van der Waals surface area contributed by atoms with E-state index in [0.717, 1.165) is 18.9 Å². The number of hydrogen-bond acceptors (Lipinski definition) is 9. The molecule has 174 valence electrons. The van der Waals surface area contributed by atoms with Crippen LogP contribution in [0.1, 0.15) is 48.0 Å². The van der Waals surface area contributed by atoms with E-state index in [1.807, 2.05) is 18.7 Å². The molecule has 1 aliphatic carbocycles. The van der Waals surface area contributed by atoms with Crippen LogP contribution in [0.2, 0.25) is 0 Å². The molecule has 0 N–H and O–H groups in total. The molecule has 9 nitrogen and oxygen atoms in total. The molecule has 3 aromatic heterocycles. The van der Waals surface area contributed by atoms with Crippen LogP contribution in [0.5, 0.6) is 0 Å². The van der Waals surface area contributed by atoms with Gasteiger partial charge in [0.2, 0.25) is 17.7 Å². The lowest BCUT2D eigenvalue weighted by molar-refractivity contribution is 0.0210. The van der Waals surface area contributed by atoms with Gasteiger partial charge in [-0.3, -0.25) is 0 Å². The third-order valence-electron chi connectivity index (χ3n) is 6.12. The minimum atomic E-state index is -0.732. The Morgan fingerprint density at radius 1 is 0.971 bits per heavy atom. The summed E-state index contributed by atoms with van der Waals surface area (Å²) in [6, 6.07) is 3.38. The van der Waals surface area contributed by atoms with Crippen LogP contribution in [-0.4, -0.2) is 49.8 Å². The standard InChI is InChI=1S/C23H21F2N7O2/c1-11-12(2)27-20-19(26-11)18(15-6-5-14(24)9-16(15)25)28-23(29-20)32-7-8-33-17(10-32)22-31-30-21(34-22)13-3-4-13/h5-6,9,13,17H,3-4,7-8,10H2,1-2H3/t17-/m0/s1. The summed E-state index contributed by atoms with van der Waals surface area (Å²) in [6.07, 6.45) is 1.68. The highest BCUT2D eigenvalue weighted by Crippen LogP contribution is 2.40. The maximum Gasteiger partial charge on any atom is 0.247 e. The van der Waals surface area contributed by atoms with Crippen molar-refractivity contribution in [2.75, 3.05) is 24.6 Å². The highest BCUT2D eigenvalue weighted by Gasteiger charge is 2.33. The summed E-state index contributed by atoms with van der Waals surface area (Å²) in [4.78, 5) is 20.3. The number of aryl methyl sites for hydroxylation is 2. The molecule has 2 aliphatic rings. The minimum absolute atomic E-state index is 0.128. The summed E-state index contributed by atoms with van der Waals surface area (Å²) in [7, 11) is 0. The fourth-order valence-corrected chi connectivity index (χ4v) is 3.96. The predicted molar refractivity (Wildman–Crippen MR) is 117 cm³/mol. The highest BCUT2D eigenvalue weighted by atomic mass is 19.1. The third-order valence-corrected chi connectivity index (χ3v) is 6.12. The zero-order chi connectivity index (χ0) is 23.4. The molecule has 6 rings (SSSR count). The number of rotatable bonds is 4. The van der Waals surface area contributed by atoms with Gasteiger partial charge >= 0.3 is 0 Å². The molecule has 4 aromatic rings. The molecule has 11 heteroatoms. The largest absolute Gasteiger partial charge is 0.422 e. The lowest BCUT2D eigenvalue weighted by Crippen LogP contribution is -2.39. The van der Waals surface area contributed by atoms with Gasteiger partial charge in [0.25, 0.3) is 0 Å². The van der Waals surface area contributed by atoms with Crippen molar-refractivity contribution in [1.82, 2.24) is 30.1 Å². The summed E-state index contributed by atoms with van der Waals surface area (Å²) in [5, 5.41) is 8.31. The zero-order valence-corrected chi connectivity index (χ0v) is 18.6. The molecule has 1 aromatic carbocycles. The second-order valence-corrected chi connectivity index (χ2v) is 8.62. The van der Waals surface area contributed by atoms with Crippen LogP contribution in [0.15, 0.2) is 22.6 Å². The average molecular weight is 465 g/mol. The van der Waals surface area contributed by atoms with Crippen molar-refractivity contribution in [1.29, 1.82) is 0 Å². The van der Waals surface area contributed by atoms with Crippen molar-refractivity contribution >= 4 is 17.1 Å². The molecule has 2 fully saturated rings. The molecular weight excluding hydrogens is 444 g/mol. The van der Waals surface area contributed by atoms with Crippen molar-refractivity contribution in [3.05, 3.63) is 53.0 Å². The number of anilines is 1. The van der Waals surface area contributed by atoms with Crippen LogP contribution < -0.4 is 4.90 Å². The summed E-state index contributed by atoms with van der Waals surface area (Å²) in [5.41, 5.74) is 2.47. The molecule has 4 heterocycles. The lowest BCUT2D eigenvalue weighted by Gasteiger charge is -2.31. The van der Waals surface area contributed by atoms with Gasteiger partial charge in [-0.05, 0) is 38.8 Å². The van der Waals surface area contributed by atoms with E-state index in [4.69, 9.17) is 9.15 Å². The van der Waals surface area contributed by atoms with Crippen LogP contribution in [-0.2, 0) is 4.74 Å². The number of morpholine rings is 1. The Labute approximate surface area is 193 Å². The molecule has 0 amide bonds. The molecule has 1 saturated heterocycles. The van der Waals surface area contributed by atoms with Gasteiger partial charge in [0.05, 0.1) is 24.5 Å². The van der Waals surface area contributed by atoms with Crippen LogP contribution in [0, 0.1) is 25.5 Å². The van der Waals surface area contributed by atoms with Crippen molar-refractivity contribution < 1.29 is 17.9 Å². The van der Waals surface area contributed by atoms with Gasteiger partial charge in [0, 0.05) is 24.1 Å². The Kier molecular flexibility index (Phi) is 4.94. The Bertz CT molecular complexity index is 1410. The highest BCUT2D eigenvalue weighted by molar-refractivity contribution is 5.88. The van der Waals surface area contributed by atoms with Crippen molar-refractivity contribution in [3.63, 3.8) is 0 Å². The number of halogens is 2. The normalized spacial score (nSPS) is 18.6. The molecule has 0 unspecified atom stereocenters. The summed E-state index contributed by atoms with van der Waals surface area (Å²) in [6.45, 7) is 4.93.